The average molecular weight is 500 g/mol. The van der Waals surface area contributed by atoms with E-state index in [1.807, 2.05) is 0 Å². The number of halogens is 2. The van der Waals surface area contributed by atoms with E-state index in [0.717, 1.165) is 48.8 Å². The van der Waals surface area contributed by atoms with Gasteiger partial charge in [0.15, 0.2) is 0 Å². The summed E-state index contributed by atoms with van der Waals surface area (Å²) in [6.07, 6.45) is 6.41. The van der Waals surface area contributed by atoms with E-state index in [1.54, 1.807) is 0 Å². The number of amides is 3. The molecule has 0 bridgehead atoms. The van der Waals surface area contributed by atoms with Crippen LogP contribution >= 0.6 is 11.6 Å². The Morgan fingerprint density at radius 1 is 1.17 bits per heavy atom. The van der Waals surface area contributed by atoms with Crippen LogP contribution in [0.2, 0.25) is 5.02 Å². The monoisotopic (exact) mass is 499 g/mol. The van der Waals surface area contributed by atoms with Crippen LogP contribution in [0.3, 0.4) is 0 Å². The Hall–Kier alpha value is -3.59. The molecule has 182 valence electrons. The fourth-order valence-corrected chi connectivity index (χ4v) is 4.65. The Morgan fingerprint density at radius 2 is 1.91 bits per heavy atom. The minimum absolute atomic E-state index is 0.000736. The molecule has 1 aliphatic carbocycles. The van der Waals surface area contributed by atoms with E-state index in [9.17, 15) is 28.9 Å². The second kappa shape index (κ2) is 10.4. The second-order valence-electron chi connectivity index (χ2n) is 8.54. The number of hydrogen-bond donors (Lipinski definition) is 0. The standard InChI is InChI=1S/C25H23ClFN3O5/c26-20-11-6-17(14-21(20)30(34)35)24(32)28(13-12-16-4-2-1-3-5-16)22-15-23(31)29(25(22)33)19-9-7-18(27)8-10-19/h4,6-11,14,22H,1-3,5,12-13,15H2. The van der Waals surface area contributed by atoms with Crippen molar-refractivity contribution in [1.82, 2.24) is 4.90 Å². The minimum atomic E-state index is -1.08. The molecule has 0 saturated carbocycles. The average Bonchev–Trinajstić information content (AvgIpc) is 3.14. The summed E-state index contributed by atoms with van der Waals surface area (Å²) in [5.74, 6) is -2.22. The predicted octanol–water partition coefficient (Wildman–Crippen LogP) is 5.05. The van der Waals surface area contributed by atoms with E-state index in [4.69, 9.17) is 11.6 Å². The number of hydrogen-bond acceptors (Lipinski definition) is 5. The molecule has 1 aliphatic heterocycles. The third kappa shape index (κ3) is 5.24. The maximum atomic E-state index is 13.5. The normalized spacial score (nSPS) is 17.9. The van der Waals surface area contributed by atoms with Crippen LogP contribution in [-0.4, -0.2) is 40.1 Å². The van der Waals surface area contributed by atoms with Crippen LogP contribution in [0.25, 0.3) is 0 Å². The first-order chi connectivity index (χ1) is 16.8. The van der Waals surface area contributed by atoms with Gasteiger partial charge in [-0.15, -0.1) is 0 Å². The van der Waals surface area contributed by atoms with Crippen molar-refractivity contribution in [2.45, 2.75) is 44.6 Å². The summed E-state index contributed by atoms with van der Waals surface area (Å²) in [4.78, 5) is 52.6. The number of anilines is 1. The number of nitro benzene ring substituents is 1. The van der Waals surface area contributed by atoms with E-state index in [2.05, 4.69) is 6.08 Å². The van der Waals surface area contributed by atoms with Crippen molar-refractivity contribution >= 4 is 40.7 Å². The largest absolute Gasteiger partial charge is 0.326 e. The molecule has 0 radical (unpaired) electrons. The number of rotatable bonds is 7. The Labute approximate surface area is 206 Å². The zero-order valence-corrected chi connectivity index (χ0v) is 19.5. The zero-order valence-electron chi connectivity index (χ0n) is 18.8. The highest BCUT2D eigenvalue weighted by Crippen LogP contribution is 2.30. The first-order valence-corrected chi connectivity index (χ1v) is 11.7. The van der Waals surface area contributed by atoms with Gasteiger partial charge in [-0.25, -0.2) is 9.29 Å². The second-order valence-corrected chi connectivity index (χ2v) is 8.95. The third-order valence-corrected chi connectivity index (χ3v) is 6.61. The van der Waals surface area contributed by atoms with Crippen LogP contribution in [0.1, 0.15) is 48.9 Å². The number of nitrogens with zero attached hydrogens (tertiary/aromatic N) is 3. The molecule has 10 heteroatoms. The first-order valence-electron chi connectivity index (χ1n) is 11.3. The third-order valence-electron chi connectivity index (χ3n) is 6.29. The lowest BCUT2D eigenvalue weighted by atomic mass is 9.96. The van der Waals surface area contributed by atoms with Gasteiger partial charge in [-0.2, -0.15) is 0 Å². The lowest BCUT2D eigenvalue weighted by Crippen LogP contribution is -2.46. The lowest BCUT2D eigenvalue weighted by Gasteiger charge is -2.28. The van der Waals surface area contributed by atoms with E-state index in [-0.39, 0.29) is 29.2 Å². The fourth-order valence-electron chi connectivity index (χ4n) is 4.47. The van der Waals surface area contributed by atoms with Gasteiger partial charge in [-0.3, -0.25) is 24.5 Å². The van der Waals surface area contributed by atoms with E-state index < -0.39 is 40.2 Å². The topological polar surface area (TPSA) is 101 Å². The van der Waals surface area contributed by atoms with E-state index >= 15 is 0 Å². The summed E-state index contributed by atoms with van der Waals surface area (Å²) in [6.45, 7) is 0.169. The molecule has 2 aliphatic rings. The molecule has 4 rings (SSSR count). The van der Waals surface area contributed by atoms with Crippen LogP contribution in [0.5, 0.6) is 0 Å². The van der Waals surface area contributed by atoms with Crippen LogP contribution < -0.4 is 4.90 Å². The van der Waals surface area contributed by atoms with Gasteiger partial charge >= 0.3 is 0 Å². The SMILES string of the molecule is O=C1CC(N(CCC2=CCCCC2)C(=O)c2ccc(Cl)c([N+](=O)[O-])c2)C(=O)N1c1ccc(F)cc1. The molecule has 2 aromatic rings. The zero-order chi connectivity index (χ0) is 25.1. The van der Waals surface area contributed by atoms with Gasteiger partial charge in [0.05, 0.1) is 17.0 Å². The smallest absolute Gasteiger partial charge is 0.288 e. The molecule has 1 saturated heterocycles. The molecule has 1 atom stereocenters. The molecule has 8 nitrogen and oxygen atoms in total. The van der Waals surface area contributed by atoms with Crippen molar-refractivity contribution in [1.29, 1.82) is 0 Å². The molecular formula is C25H23ClFN3O5. The van der Waals surface area contributed by atoms with Crippen LogP contribution in [0, 0.1) is 15.9 Å². The van der Waals surface area contributed by atoms with Crippen molar-refractivity contribution in [3.63, 3.8) is 0 Å². The van der Waals surface area contributed by atoms with Gasteiger partial charge in [0, 0.05) is 18.2 Å². The maximum absolute atomic E-state index is 13.5. The van der Waals surface area contributed by atoms with Gasteiger partial charge in [-0.1, -0.05) is 23.3 Å². The van der Waals surface area contributed by atoms with E-state index in [0.29, 0.717) is 6.42 Å². The Morgan fingerprint density at radius 3 is 2.57 bits per heavy atom. The fraction of sp³-hybridized carbons (Fsp3) is 0.320. The van der Waals surface area contributed by atoms with Gasteiger partial charge in [0.1, 0.15) is 16.9 Å². The summed E-state index contributed by atoms with van der Waals surface area (Å²) >= 11 is 5.90. The van der Waals surface area contributed by atoms with E-state index in [1.165, 1.54) is 34.7 Å². The summed E-state index contributed by atoms with van der Waals surface area (Å²) in [7, 11) is 0. The van der Waals surface area contributed by atoms with Crippen molar-refractivity contribution in [2.24, 2.45) is 0 Å². The van der Waals surface area contributed by atoms with Gasteiger partial charge < -0.3 is 4.90 Å². The summed E-state index contributed by atoms with van der Waals surface area (Å²) in [5, 5.41) is 11.2. The van der Waals surface area contributed by atoms with Gasteiger partial charge in [0.2, 0.25) is 5.91 Å². The van der Waals surface area contributed by atoms with Crippen LogP contribution in [0.4, 0.5) is 15.8 Å². The molecule has 1 heterocycles. The summed E-state index contributed by atoms with van der Waals surface area (Å²) in [6, 6.07) is 7.58. The molecule has 2 aromatic carbocycles. The lowest BCUT2D eigenvalue weighted by molar-refractivity contribution is -0.384. The highest BCUT2D eigenvalue weighted by atomic mass is 35.5. The molecule has 1 unspecified atom stereocenters. The van der Waals surface area contributed by atoms with Gasteiger partial charge in [-0.05, 0) is 68.5 Å². The quantitative estimate of drug-likeness (QED) is 0.229. The number of carbonyl (C=O) groups excluding carboxylic acids is 3. The molecule has 0 N–H and O–H groups in total. The van der Waals surface area contributed by atoms with Gasteiger partial charge in [0.25, 0.3) is 17.5 Å². The number of benzene rings is 2. The number of allylic oxidation sites excluding steroid dienone is 1. The molecular weight excluding hydrogens is 477 g/mol. The van der Waals surface area contributed by atoms with Crippen molar-refractivity contribution < 1.29 is 23.7 Å². The molecule has 0 aromatic heterocycles. The number of carbonyl (C=O) groups is 3. The van der Waals surface area contributed by atoms with Crippen LogP contribution in [-0.2, 0) is 9.59 Å². The van der Waals surface area contributed by atoms with Crippen molar-refractivity contribution in [3.05, 3.63) is 80.6 Å². The predicted molar refractivity (Wildman–Crippen MR) is 128 cm³/mol. The summed E-state index contributed by atoms with van der Waals surface area (Å²) in [5.41, 5.74) is 0.963. The molecule has 1 fully saturated rings. The number of imide groups is 1. The summed E-state index contributed by atoms with van der Waals surface area (Å²) < 4.78 is 13.4. The Balaban J connectivity index is 1.65. The highest BCUT2D eigenvalue weighted by molar-refractivity contribution is 6.32. The molecule has 0 spiro atoms. The van der Waals surface area contributed by atoms with Crippen LogP contribution in [0.15, 0.2) is 54.1 Å². The highest BCUT2D eigenvalue weighted by Gasteiger charge is 2.44. The van der Waals surface area contributed by atoms with Crippen molar-refractivity contribution in [3.8, 4) is 0 Å². The Bertz CT molecular complexity index is 1210. The first kappa shape index (κ1) is 24.5. The molecule has 3 amide bonds. The number of nitro groups is 1. The van der Waals surface area contributed by atoms with Crippen molar-refractivity contribution in [2.75, 3.05) is 11.4 Å². The molecule has 35 heavy (non-hydrogen) atoms. The Kier molecular flexibility index (Phi) is 7.25. The maximum Gasteiger partial charge on any atom is 0.288 e. The minimum Gasteiger partial charge on any atom is -0.326 e.